The van der Waals surface area contributed by atoms with Gasteiger partial charge in [-0.2, -0.15) is 0 Å². The Labute approximate surface area is 233 Å². The molecule has 1 aliphatic rings. The third-order valence-electron chi connectivity index (χ3n) is 7.07. The molecule has 0 aliphatic heterocycles. The van der Waals surface area contributed by atoms with Gasteiger partial charge in [0.15, 0.2) is 0 Å². The van der Waals surface area contributed by atoms with Crippen LogP contribution in [-0.2, 0) is 32.1 Å². The Kier molecular flexibility index (Phi) is 8.21. The quantitative estimate of drug-likeness (QED) is 0.295. The van der Waals surface area contributed by atoms with Crippen molar-refractivity contribution < 1.29 is 23.9 Å². The van der Waals surface area contributed by atoms with Crippen molar-refractivity contribution in [3.05, 3.63) is 131 Å². The molecule has 7 nitrogen and oxygen atoms in total. The van der Waals surface area contributed by atoms with E-state index in [2.05, 4.69) is 10.6 Å². The van der Waals surface area contributed by atoms with Gasteiger partial charge in [-0.15, -0.1) is 0 Å². The Morgan fingerprint density at radius 3 is 1.80 bits per heavy atom. The number of methoxy groups -OCH3 is 1. The highest BCUT2D eigenvalue weighted by Crippen LogP contribution is 2.46. The minimum Gasteiger partial charge on any atom is -0.467 e. The van der Waals surface area contributed by atoms with Crippen LogP contribution in [0.1, 0.15) is 28.2 Å². The van der Waals surface area contributed by atoms with Crippen LogP contribution >= 0.6 is 0 Å². The number of alkyl carbamates (subject to hydrolysis) is 1. The molecule has 202 valence electrons. The summed E-state index contributed by atoms with van der Waals surface area (Å²) in [7, 11) is 1.30. The van der Waals surface area contributed by atoms with E-state index in [0.717, 1.165) is 33.4 Å². The van der Waals surface area contributed by atoms with Gasteiger partial charge in [0.25, 0.3) is 0 Å². The molecule has 2 N–H and O–H groups in total. The second-order valence-electron chi connectivity index (χ2n) is 9.61. The van der Waals surface area contributed by atoms with Crippen molar-refractivity contribution in [2.45, 2.75) is 31.0 Å². The maximum Gasteiger partial charge on any atom is 0.408 e. The highest BCUT2D eigenvalue weighted by molar-refractivity contribution is 5.92. The molecule has 5 rings (SSSR count). The third-order valence-corrected chi connectivity index (χ3v) is 7.07. The molecule has 40 heavy (non-hydrogen) atoms. The molecule has 4 aromatic carbocycles. The predicted octanol–water partition coefficient (Wildman–Crippen LogP) is 4.99. The molecule has 0 spiro atoms. The summed E-state index contributed by atoms with van der Waals surface area (Å²) in [4.78, 5) is 39.7. The van der Waals surface area contributed by atoms with Crippen molar-refractivity contribution in [3.8, 4) is 11.1 Å². The molecule has 2 atom stereocenters. The van der Waals surface area contributed by atoms with Crippen LogP contribution in [0.2, 0.25) is 0 Å². The highest BCUT2D eigenvalue weighted by Gasteiger charge is 2.40. The van der Waals surface area contributed by atoms with Crippen molar-refractivity contribution in [2.24, 2.45) is 0 Å². The summed E-state index contributed by atoms with van der Waals surface area (Å²) < 4.78 is 10.5. The average Bonchev–Trinajstić information content (AvgIpc) is 3.33. The summed E-state index contributed by atoms with van der Waals surface area (Å²) in [6.07, 6.45) is -0.523. The number of carbonyl (C=O) groups excluding carboxylic acids is 3. The van der Waals surface area contributed by atoms with Crippen LogP contribution in [0.25, 0.3) is 11.1 Å². The Balaban J connectivity index is 1.40. The molecule has 2 amide bonds. The summed E-state index contributed by atoms with van der Waals surface area (Å²) in [5.41, 5.74) is 5.54. The lowest BCUT2D eigenvalue weighted by Crippen LogP contribution is -2.54. The molecule has 0 heterocycles. The second kappa shape index (κ2) is 12.3. The third kappa shape index (κ3) is 5.89. The summed E-state index contributed by atoms with van der Waals surface area (Å²) >= 11 is 0. The van der Waals surface area contributed by atoms with E-state index in [4.69, 9.17) is 9.47 Å². The first-order valence-corrected chi connectivity index (χ1v) is 13.1. The van der Waals surface area contributed by atoms with Crippen molar-refractivity contribution in [2.75, 3.05) is 7.11 Å². The van der Waals surface area contributed by atoms with Crippen LogP contribution in [0, 0.1) is 0 Å². The van der Waals surface area contributed by atoms with Crippen LogP contribution in [-0.4, -0.2) is 37.2 Å². The summed E-state index contributed by atoms with van der Waals surface area (Å²) in [6.45, 7) is 0.0623. The minimum absolute atomic E-state index is 0.0623. The van der Waals surface area contributed by atoms with Gasteiger partial charge in [0.1, 0.15) is 18.7 Å². The minimum atomic E-state index is -1.01. The lowest BCUT2D eigenvalue weighted by molar-refractivity contribution is -0.145. The number of ether oxygens (including phenoxy) is 2. The van der Waals surface area contributed by atoms with Crippen LogP contribution in [0.15, 0.2) is 109 Å². The molecule has 0 bridgehead atoms. The van der Waals surface area contributed by atoms with Crippen LogP contribution in [0.3, 0.4) is 0 Å². The molecule has 4 aromatic rings. The molecule has 1 aliphatic carbocycles. The van der Waals surface area contributed by atoms with Crippen molar-refractivity contribution in [1.29, 1.82) is 0 Å². The zero-order valence-corrected chi connectivity index (χ0v) is 22.1. The van der Waals surface area contributed by atoms with E-state index in [0.29, 0.717) is 0 Å². The van der Waals surface area contributed by atoms with Crippen molar-refractivity contribution in [3.63, 3.8) is 0 Å². The summed E-state index contributed by atoms with van der Waals surface area (Å²) in [5, 5.41) is 5.61. The molecule has 0 unspecified atom stereocenters. The van der Waals surface area contributed by atoms with E-state index in [1.807, 2.05) is 109 Å². The molecule has 0 saturated carbocycles. The Hall–Kier alpha value is -4.91. The lowest BCUT2D eigenvalue weighted by Gasteiger charge is -2.27. The first-order valence-electron chi connectivity index (χ1n) is 13.1. The summed E-state index contributed by atoms with van der Waals surface area (Å²) in [6, 6.07) is 32.3. The molecule has 0 fully saturated rings. The van der Waals surface area contributed by atoms with Gasteiger partial charge in [-0.25, -0.2) is 9.59 Å². The molecule has 7 heteroatoms. The fourth-order valence-corrected chi connectivity index (χ4v) is 5.18. The van der Waals surface area contributed by atoms with Gasteiger partial charge in [-0.1, -0.05) is 109 Å². The molecular formula is C33H30N2O5. The number of benzene rings is 4. The normalized spacial score (nSPS) is 13.3. The van der Waals surface area contributed by atoms with E-state index in [1.165, 1.54) is 7.11 Å². The van der Waals surface area contributed by atoms with Gasteiger partial charge in [0.2, 0.25) is 5.91 Å². The zero-order chi connectivity index (χ0) is 27.9. The first kappa shape index (κ1) is 26.7. The number of amides is 2. The van der Waals surface area contributed by atoms with Crippen molar-refractivity contribution in [1.82, 2.24) is 10.6 Å². The number of hydrogen-bond donors (Lipinski definition) is 2. The zero-order valence-electron chi connectivity index (χ0n) is 22.1. The average molecular weight is 535 g/mol. The fraction of sp³-hybridized carbons (Fsp3) is 0.182. The van der Waals surface area contributed by atoms with Gasteiger partial charge in [0.05, 0.1) is 7.11 Å². The fourth-order valence-electron chi connectivity index (χ4n) is 5.18. The molecule has 0 saturated heterocycles. The van der Waals surface area contributed by atoms with E-state index in [9.17, 15) is 14.4 Å². The Morgan fingerprint density at radius 1 is 0.700 bits per heavy atom. The Bertz CT molecular complexity index is 1440. The smallest absolute Gasteiger partial charge is 0.408 e. The van der Waals surface area contributed by atoms with E-state index >= 15 is 0 Å². The number of hydrogen-bond acceptors (Lipinski definition) is 5. The lowest BCUT2D eigenvalue weighted by atomic mass is 9.89. The molecule has 0 aromatic heterocycles. The maximum absolute atomic E-state index is 13.8. The number of rotatable bonds is 9. The standard InChI is InChI=1S/C33H30N2O5/c1-39-32(37)30(29-26-18-10-8-16-24(26)25-17-9-11-19-27(25)29)35-31(36)28(20-22-12-4-2-5-13-22)34-33(38)40-21-23-14-6-3-7-15-23/h2-19,28-30H,20-21H2,1H3,(H,34,38)(H,35,36)/t28-,30+/m1/s1. The van der Waals surface area contributed by atoms with Crippen LogP contribution in [0.4, 0.5) is 4.79 Å². The summed E-state index contributed by atoms with van der Waals surface area (Å²) in [5.74, 6) is -1.54. The topological polar surface area (TPSA) is 93.7 Å². The SMILES string of the molecule is COC(=O)[C@@H](NC(=O)[C@@H](Cc1ccccc1)NC(=O)OCc1ccccc1)C1c2ccccc2-c2ccccc21. The second-order valence-corrected chi connectivity index (χ2v) is 9.61. The number of fused-ring (bicyclic) bond motifs is 3. The number of esters is 1. The molecular weight excluding hydrogens is 504 g/mol. The number of carbonyl (C=O) groups is 3. The Morgan fingerprint density at radius 2 is 1.23 bits per heavy atom. The van der Waals surface area contributed by atoms with Crippen LogP contribution < -0.4 is 10.6 Å². The van der Waals surface area contributed by atoms with E-state index in [-0.39, 0.29) is 13.0 Å². The maximum atomic E-state index is 13.8. The van der Waals surface area contributed by atoms with E-state index in [1.54, 1.807) is 0 Å². The van der Waals surface area contributed by atoms with Gasteiger partial charge in [-0.3, -0.25) is 4.79 Å². The largest absolute Gasteiger partial charge is 0.467 e. The van der Waals surface area contributed by atoms with Crippen LogP contribution in [0.5, 0.6) is 0 Å². The predicted molar refractivity (Wildman–Crippen MR) is 151 cm³/mol. The first-order chi connectivity index (χ1) is 19.5. The van der Waals surface area contributed by atoms with E-state index < -0.39 is 36.0 Å². The monoisotopic (exact) mass is 534 g/mol. The van der Waals surface area contributed by atoms with Gasteiger partial charge in [0, 0.05) is 12.3 Å². The van der Waals surface area contributed by atoms with Gasteiger partial charge >= 0.3 is 12.1 Å². The van der Waals surface area contributed by atoms with Gasteiger partial charge in [-0.05, 0) is 33.4 Å². The van der Waals surface area contributed by atoms with Crippen molar-refractivity contribution >= 4 is 18.0 Å². The molecule has 0 radical (unpaired) electrons. The highest BCUT2D eigenvalue weighted by atomic mass is 16.5. The van der Waals surface area contributed by atoms with Gasteiger partial charge < -0.3 is 20.1 Å². The number of nitrogens with one attached hydrogen (secondary N) is 2.